The molecule has 0 spiro atoms. The molecule has 1 aromatic heterocycles. The summed E-state index contributed by atoms with van der Waals surface area (Å²) in [7, 11) is 1.84. The maximum absolute atomic E-state index is 5.38. The van der Waals surface area contributed by atoms with Gasteiger partial charge in [0.2, 0.25) is 5.88 Å². The van der Waals surface area contributed by atoms with E-state index in [0.29, 0.717) is 12.5 Å². The number of rotatable bonds is 3. The molecule has 0 aliphatic carbocycles. The molecule has 0 aromatic carbocycles. The normalized spacial score (nSPS) is 10.1. The van der Waals surface area contributed by atoms with Crippen LogP contribution in [0.1, 0.15) is 25.3 Å². The largest absolute Gasteiger partial charge is 0.464 e. The van der Waals surface area contributed by atoms with E-state index < -0.39 is 0 Å². The highest BCUT2D eigenvalue weighted by molar-refractivity contribution is 5.27. The lowest BCUT2D eigenvalue weighted by Gasteiger charge is -2.07. The molecule has 1 aromatic rings. The summed E-state index contributed by atoms with van der Waals surface area (Å²) in [5.41, 5.74) is 1.10. The molecule has 13 heavy (non-hydrogen) atoms. The molecule has 3 nitrogen and oxygen atoms in total. The van der Waals surface area contributed by atoms with Gasteiger partial charge in [0, 0.05) is 12.6 Å². The molecule has 0 aliphatic heterocycles. The van der Waals surface area contributed by atoms with Crippen LogP contribution in [0.25, 0.3) is 0 Å². The Balaban J connectivity index is 2.89. The fraction of sp³-hybridized carbons (Fsp3) is 0.500. The van der Waals surface area contributed by atoms with Gasteiger partial charge in [-0.25, -0.2) is 4.68 Å². The quantitative estimate of drug-likeness (QED) is 0.657. The van der Waals surface area contributed by atoms with Gasteiger partial charge in [-0.15, -0.1) is 6.42 Å². The number of nitrogens with zero attached hydrogens (tertiary/aromatic N) is 2. The Morgan fingerprint density at radius 2 is 2.38 bits per heavy atom. The van der Waals surface area contributed by atoms with Crippen molar-refractivity contribution in [1.82, 2.24) is 9.78 Å². The molecular formula is C10H14N2O. The van der Waals surface area contributed by atoms with Gasteiger partial charge in [0.05, 0.1) is 6.20 Å². The van der Waals surface area contributed by atoms with Gasteiger partial charge in [-0.3, -0.25) is 0 Å². The second-order valence-corrected chi connectivity index (χ2v) is 3.18. The molecule has 0 radical (unpaired) electrons. The van der Waals surface area contributed by atoms with Crippen LogP contribution >= 0.6 is 0 Å². The van der Waals surface area contributed by atoms with Crippen LogP contribution in [-0.2, 0) is 7.05 Å². The van der Waals surface area contributed by atoms with Gasteiger partial charge in [0.15, 0.2) is 6.61 Å². The Bertz CT molecular complexity index is 320. The third kappa shape index (κ3) is 2.03. The topological polar surface area (TPSA) is 27.1 Å². The van der Waals surface area contributed by atoms with Gasteiger partial charge in [0.1, 0.15) is 0 Å². The number of aryl methyl sites for hydroxylation is 1. The SMILES string of the molecule is C#CCOc1c(C(C)C)cnn1C. The molecule has 0 unspecified atom stereocenters. The highest BCUT2D eigenvalue weighted by Gasteiger charge is 2.12. The van der Waals surface area contributed by atoms with E-state index in [1.165, 1.54) is 0 Å². The maximum Gasteiger partial charge on any atom is 0.215 e. The zero-order valence-corrected chi connectivity index (χ0v) is 8.24. The first kappa shape index (κ1) is 9.66. The Morgan fingerprint density at radius 3 is 2.92 bits per heavy atom. The van der Waals surface area contributed by atoms with E-state index in [0.717, 1.165) is 11.4 Å². The fourth-order valence-electron chi connectivity index (χ4n) is 1.13. The average Bonchev–Trinajstić information content (AvgIpc) is 2.43. The average molecular weight is 178 g/mol. The van der Waals surface area contributed by atoms with Gasteiger partial charge in [-0.05, 0) is 5.92 Å². The molecule has 1 heterocycles. The lowest BCUT2D eigenvalue weighted by molar-refractivity contribution is 0.330. The van der Waals surface area contributed by atoms with Gasteiger partial charge in [-0.2, -0.15) is 5.10 Å². The summed E-state index contributed by atoms with van der Waals surface area (Å²) < 4.78 is 7.08. The van der Waals surface area contributed by atoms with E-state index in [-0.39, 0.29) is 0 Å². The van der Waals surface area contributed by atoms with Crippen molar-refractivity contribution in [1.29, 1.82) is 0 Å². The molecule has 3 heteroatoms. The first-order valence-corrected chi connectivity index (χ1v) is 4.25. The molecule has 0 amide bonds. The molecule has 0 atom stereocenters. The summed E-state index contributed by atoms with van der Waals surface area (Å²) in [6, 6.07) is 0. The third-order valence-corrected chi connectivity index (χ3v) is 1.83. The van der Waals surface area contributed by atoms with Crippen LogP contribution in [0.15, 0.2) is 6.20 Å². The summed E-state index contributed by atoms with van der Waals surface area (Å²) in [4.78, 5) is 0. The smallest absolute Gasteiger partial charge is 0.215 e. The van der Waals surface area contributed by atoms with E-state index in [1.807, 2.05) is 13.2 Å². The molecule has 0 fully saturated rings. The lowest BCUT2D eigenvalue weighted by Crippen LogP contribution is -2.02. The van der Waals surface area contributed by atoms with Crippen molar-refractivity contribution >= 4 is 0 Å². The second kappa shape index (κ2) is 3.99. The zero-order chi connectivity index (χ0) is 9.84. The van der Waals surface area contributed by atoms with Crippen molar-refractivity contribution in [2.24, 2.45) is 7.05 Å². The van der Waals surface area contributed by atoms with Crippen molar-refractivity contribution < 1.29 is 4.74 Å². The molecule has 70 valence electrons. The van der Waals surface area contributed by atoms with Crippen LogP contribution in [0.4, 0.5) is 0 Å². The molecule has 1 rings (SSSR count). The summed E-state index contributed by atoms with van der Waals surface area (Å²) in [6.07, 6.45) is 6.93. The standard InChI is InChI=1S/C10H14N2O/c1-5-6-13-10-9(8(2)3)7-11-12(10)4/h1,7-8H,6H2,2-4H3. The summed E-state index contributed by atoms with van der Waals surface area (Å²) >= 11 is 0. The summed E-state index contributed by atoms with van der Waals surface area (Å²) in [6.45, 7) is 4.48. The molecule has 0 saturated carbocycles. The lowest BCUT2D eigenvalue weighted by atomic mass is 10.1. The number of terminal acetylenes is 1. The number of ether oxygens (including phenoxy) is 1. The minimum absolute atomic E-state index is 0.291. The maximum atomic E-state index is 5.38. The number of hydrogen-bond acceptors (Lipinski definition) is 2. The van der Waals surface area contributed by atoms with Crippen LogP contribution in [0.2, 0.25) is 0 Å². The van der Waals surface area contributed by atoms with Crippen molar-refractivity contribution in [2.75, 3.05) is 6.61 Å². The Labute approximate surface area is 78.7 Å². The predicted octanol–water partition coefficient (Wildman–Crippen LogP) is 1.56. The van der Waals surface area contributed by atoms with Crippen molar-refractivity contribution in [2.45, 2.75) is 19.8 Å². The third-order valence-electron chi connectivity index (χ3n) is 1.83. The Hall–Kier alpha value is -1.43. The van der Waals surface area contributed by atoms with Gasteiger partial charge < -0.3 is 4.74 Å². The highest BCUT2D eigenvalue weighted by atomic mass is 16.5. The first-order valence-electron chi connectivity index (χ1n) is 4.25. The minimum Gasteiger partial charge on any atom is -0.464 e. The van der Waals surface area contributed by atoms with Crippen LogP contribution in [0.5, 0.6) is 5.88 Å². The van der Waals surface area contributed by atoms with E-state index in [2.05, 4.69) is 24.9 Å². The van der Waals surface area contributed by atoms with Crippen molar-refractivity contribution in [3.63, 3.8) is 0 Å². The van der Waals surface area contributed by atoms with E-state index in [4.69, 9.17) is 11.2 Å². The van der Waals surface area contributed by atoms with E-state index >= 15 is 0 Å². The summed E-state index contributed by atoms with van der Waals surface area (Å²) in [5.74, 6) is 3.61. The van der Waals surface area contributed by atoms with Crippen molar-refractivity contribution in [3.05, 3.63) is 11.8 Å². The fourth-order valence-corrected chi connectivity index (χ4v) is 1.13. The highest BCUT2D eigenvalue weighted by Crippen LogP contribution is 2.24. The Morgan fingerprint density at radius 1 is 1.69 bits per heavy atom. The molecule has 0 N–H and O–H groups in total. The van der Waals surface area contributed by atoms with Crippen LogP contribution in [0, 0.1) is 12.3 Å². The summed E-state index contributed by atoms with van der Waals surface area (Å²) in [5, 5.41) is 4.11. The second-order valence-electron chi connectivity index (χ2n) is 3.18. The number of hydrogen-bond donors (Lipinski definition) is 0. The van der Waals surface area contributed by atoms with E-state index in [1.54, 1.807) is 4.68 Å². The monoisotopic (exact) mass is 178 g/mol. The van der Waals surface area contributed by atoms with Crippen LogP contribution in [-0.4, -0.2) is 16.4 Å². The number of aromatic nitrogens is 2. The van der Waals surface area contributed by atoms with Gasteiger partial charge in [-0.1, -0.05) is 19.8 Å². The van der Waals surface area contributed by atoms with E-state index in [9.17, 15) is 0 Å². The Kier molecular flexibility index (Phi) is 2.97. The van der Waals surface area contributed by atoms with Crippen LogP contribution in [0.3, 0.4) is 0 Å². The minimum atomic E-state index is 0.291. The van der Waals surface area contributed by atoms with Gasteiger partial charge in [0.25, 0.3) is 0 Å². The molecule has 0 bridgehead atoms. The predicted molar refractivity (Wildman–Crippen MR) is 51.6 cm³/mol. The van der Waals surface area contributed by atoms with Crippen molar-refractivity contribution in [3.8, 4) is 18.2 Å². The van der Waals surface area contributed by atoms with Gasteiger partial charge >= 0.3 is 0 Å². The molecular weight excluding hydrogens is 164 g/mol. The first-order chi connectivity index (χ1) is 6.16. The van der Waals surface area contributed by atoms with Crippen LogP contribution < -0.4 is 4.74 Å². The molecule has 0 aliphatic rings. The molecule has 0 saturated heterocycles. The zero-order valence-electron chi connectivity index (χ0n) is 8.24.